The van der Waals surface area contributed by atoms with E-state index < -0.39 is 0 Å². The van der Waals surface area contributed by atoms with Gasteiger partial charge in [-0.25, -0.2) is 4.58 Å². The number of fused-ring (bicyclic) bond motifs is 1. The molecule has 2 N–H and O–H groups in total. The highest BCUT2D eigenvalue weighted by Crippen LogP contribution is 2.38. The van der Waals surface area contributed by atoms with Gasteiger partial charge in [0.05, 0.1) is 11.2 Å². The van der Waals surface area contributed by atoms with Gasteiger partial charge in [0.1, 0.15) is 13.2 Å². The van der Waals surface area contributed by atoms with Crippen LogP contribution in [0.2, 0.25) is 0 Å². The molecule has 4 rings (SSSR count). The summed E-state index contributed by atoms with van der Waals surface area (Å²) in [6.07, 6.45) is 4.06. The number of aromatic amines is 1. The van der Waals surface area contributed by atoms with Gasteiger partial charge < -0.3 is 14.8 Å². The second-order valence-corrected chi connectivity index (χ2v) is 7.81. The molecule has 6 heteroatoms. The Morgan fingerprint density at radius 3 is 2.69 bits per heavy atom. The Morgan fingerprint density at radius 1 is 1.12 bits per heavy atom. The number of para-hydroxylation sites is 1. The minimum atomic E-state index is 0.0583. The molecule has 2 aromatic rings. The van der Waals surface area contributed by atoms with Crippen LogP contribution < -0.4 is 0 Å². The molecular weight excluding hydrogens is 328 g/mol. The third kappa shape index (κ3) is 3.42. The molecule has 1 aromatic carbocycles. The van der Waals surface area contributed by atoms with Crippen molar-refractivity contribution in [2.75, 3.05) is 26.3 Å². The van der Waals surface area contributed by atoms with Gasteiger partial charge in [0, 0.05) is 17.9 Å². The summed E-state index contributed by atoms with van der Waals surface area (Å²) in [7, 11) is 0. The number of aromatic nitrogens is 1. The van der Waals surface area contributed by atoms with Crippen LogP contribution >= 0.6 is 0 Å². The SMILES string of the molecule is CC1(C)CC(N=Nc2c(O)[nH]c3ccccc23)=CC(=[N+]2CCOCC2)C1. The van der Waals surface area contributed by atoms with Crippen molar-refractivity contribution < 1.29 is 14.4 Å². The van der Waals surface area contributed by atoms with Crippen LogP contribution in [0.15, 0.2) is 46.3 Å². The van der Waals surface area contributed by atoms with Gasteiger partial charge in [-0.2, -0.15) is 5.11 Å². The monoisotopic (exact) mass is 353 g/mol. The van der Waals surface area contributed by atoms with Crippen LogP contribution in [0.5, 0.6) is 5.88 Å². The van der Waals surface area contributed by atoms with E-state index >= 15 is 0 Å². The average Bonchev–Trinajstić information content (AvgIpc) is 2.94. The Hall–Kier alpha value is -2.47. The highest BCUT2D eigenvalue weighted by Gasteiger charge is 2.32. The fourth-order valence-electron chi connectivity index (χ4n) is 3.78. The van der Waals surface area contributed by atoms with Crippen LogP contribution in [0.4, 0.5) is 5.69 Å². The van der Waals surface area contributed by atoms with Crippen LogP contribution in [0.3, 0.4) is 0 Å². The molecule has 6 nitrogen and oxygen atoms in total. The molecule has 2 aliphatic rings. The molecule has 0 amide bonds. The number of azo groups is 1. The van der Waals surface area contributed by atoms with E-state index in [0.29, 0.717) is 5.69 Å². The quantitative estimate of drug-likeness (QED) is 0.629. The van der Waals surface area contributed by atoms with Gasteiger partial charge >= 0.3 is 0 Å². The second kappa shape index (κ2) is 6.68. The zero-order valence-electron chi connectivity index (χ0n) is 15.3. The molecule has 2 heterocycles. The number of hydrogen-bond acceptors (Lipinski definition) is 4. The molecular formula is C20H25N4O2+. The summed E-state index contributed by atoms with van der Waals surface area (Å²) in [5, 5.41) is 19.9. The molecule has 0 atom stereocenters. The number of rotatable bonds is 2. The number of nitrogens with one attached hydrogen (secondary N) is 1. The van der Waals surface area contributed by atoms with E-state index in [0.717, 1.165) is 55.7 Å². The largest absolute Gasteiger partial charge is 0.493 e. The standard InChI is InChI=1S/C20H24N4O2/c1-20(2)12-14(11-15(13-20)24-7-9-26-10-8-24)22-23-18-16-5-3-4-6-17(16)21-19(18)25/h3-6,11H,7-10,12-13H2,1-2H3,(H,21,23,25)/p+1. The molecule has 1 fully saturated rings. The normalized spacial score (nSPS) is 20.8. The third-order valence-corrected chi connectivity index (χ3v) is 5.01. The number of H-pyrrole nitrogens is 1. The van der Waals surface area contributed by atoms with Crippen molar-refractivity contribution in [3.63, 3.8) is 0 Å². The first-order chi connectivity index (χ1) is 12.5. The van der Waals surface area contributed by atoms with E-state index in [-0.39, 0.29) is 11.3 Å². The predicted molar refractivity (Wildman–Crippen MR) is 101 cm³/mol. The summed E-state index contributed by atoms with van der Waals surface area (Å²) < 4.78 is 7.86. The highest BCUT2D eigenvalue weighted by molar-refractivity contribution is 5.94. The van der Waals surface area contributed by atoms with Crippen molar-refractivity contribution in [1.82, 2.24) is 4.98 Å². The summed E-state index contributed by atoms with van der Waals surface area (Å²) >= 11 is 0. The second-order valence-electron chi connectivity index (χ2n) is 7.81. The molecule has 0 bridgehead atoms. The van der Waals surface area contributed by atoms with Gasteiger partial charge in [-0.15, -0.1) is 5.11 Å². The molecule has 0 unspecified atom stereocenters. The molecule has 0 saturated carbocycles. The fraction of sp³-hybridized carbons (Fsp3) is 0.450. The lowest BCUT2D eigenvalue weighted by atomic mass is 9.78. The third-order valence-electron chi connectivity index (χ3n) is 5.01. The highest BCUT2D eigenvalue weighted by atomic mass is 16.5. The number of morpholine rings is 1. The lowest BCUT2D eigenvalue weighted by Gasteiger charge is -2.28. The van der Waals surface area contributed by atoms with Crippen molar-refractivity contribution in [1.29, 1.82) is 0 Å². The first-order valence-electron chi connectivity index (χ1n) is 9.12. The van der Waals surface area contributed by atoms with E-state index in [9.17, 15) is 5.11 Å². The maximum Gasteiger partial charge on any atom is 0.218 e. The summed E-state index contributed by atoms with van der Waals surface area (Å²) in [5.41, 5.74) is 3.75. The Bertz CT molecular complexity index is 913. The van der Waals surface area contributed by atoms with Crippen LogP contribution in [0.1, 0.15) is 26.7 Å². The van der Waals surface area contributed by atoms with E-state index in [1.165, 1.54) is 5.71 Å². The summed E-state index contributed by atoms with van der Waals surface area (Å²) in [6, 6.07) is 7.71. The molecule has 136 valence electrons. The van der Waals surface area contributed by atoms with Crippen LogP contribution in [-0.2, 0) is 4.74 Å². The lowest BCUT2D eigenvalue weighted by molar-refractivity contribution is -0.550. The summed E-state index contributed by atoms with van der Waals surface area (Å²) in [6.45, 7) is 7.93. The van der Waals surface area contributed by atoms with Gasteiger partial charge in [-0.1, -0.05) is 32.0 Å². The first-order valence-corrected chi connectivity index (χ1v) is 9.12. The van der Waals surface area contributed by atoms with Gasteiger partial charge in [-0.05, 0) is 17.9 Å². The van der Waals surface area contributed by atoms with E-state index in [4.69, 9.17) is 4.74 Å². The van der Waals surface area contributed by atoms with Gasteiger partial charge in [-0.3, -0.25) is 0 Å². The molecule has 1 aliphatic carbocycles. The van der Waals surface area contributed by atoms with Crippen molar-refractivity contribution in [2.45, 2.75) is 26.7 Å². The number of nitrogens with zero attached hydrogens (tertiary/aromatic N) is 3. The van der Waals surface area contributed by atoms with Gasteiger partial charge in [0.15, 0.2) is 24.5 Å². The number of ether oxygens (including phenoxy) is 1. The Labute approximate surface area is 152 Å². The minimum absolute atomic E-state index is 0.0583. The average molecular weight is 353 g/mol. The zero-order chi connectivity index (χ0) is 18.1. The summed E-state index contributed by atoms with van der Waals surface area (Å²) in [4.78, 5) is 2.95. The van der Waals surface area contributed by atoms with Crippen molar-refractivity contribution in [3.05, 3.63) is 36.0 Å². The Morgan fingerprint density at radius 2 is 1.88 bits per heavy atom. The molecule has 0 radical (unpaired) electrons. The number of hydrogen-bond donors (Lipinski definition) is 2. The Balaban J connectivity index is 1.68. The van der Waals surface area contributed by atoms with E-state index in [1.807, 2.05) is 24.3 Å². The van der Waals surface area contributed by atoms with Crippen molar-refractivity contribution in [3.8, 4) is 5.88 Å². The molecule has 26 heavy (non-hydrogen) atoms. The minimum Gasteiger partial charge on any atom is -0.493 e. The number of allylic oxidation sites excluding steroid dienone is 2. The zero-order valence-corrected chi connectivity index (χ0v) is 15.3. The maximum absolute atomic E-state index is 10.2. The van der Waals surface area contributed by atoms with Crippen LogP contribution in [-0.4, -0.2) is 46.7 Å². The molecule has 1 aliphatic heterocycles. The fourth-order valence-corrected chi connectivity index (χ4v) is 3.78. The first kappa shape index (κ1) is 17.0. The van der Waals surface area contributed by atoms with Crippen LogP contribution in [0.25, 0.3) is 10.9 Å². The smallest absolute Gasteiger partial charge is 0.218 e. The lowest BCUT2D eigenvalue weighted by Crippen LogP contribution is -2.36. The van der Waals surface area contributed by atoms with Gasteiger partial charge in [0.25, 0.3) is 0 Å². The summed E-state index contributed by atoms with van der Waals surface area (Å²) in [5.74, 6) is 0.0583. The van der Waals surface area contributed by atoms with E-state index in [1.54, 1.807) is 0 Å². The van der Waals surface area contributed by atoms with Crippen molar-refractivity contribution >= 4 is 22.3 Å². The van der Waals surface area contributed by atoms with Crippen LogP contribution in [0, 0.1) is 5.41 Å². The molecule has 1 saturated heterocycles. The topological polar surface area (TPSA) is 73.0 Å². The maximum atomic E-state index is 10.2. The van der Waals surface area contributed by atoms with E-state index in [2.05, 4.69) is 39.7 Å². The van der Waals surface area contributed by atoms with Crippen molar-refractivity contribution in [2.24, 2.45) is 15.6 Å². The predicted octanol–water partition coefficient (Wildman–Crippen LogP) is 4.14. The van der Waals surface area contributed by atoms with Gasteiger partial charge in [0.2, 0.25) is 5.88 Å². The molecule has 1 aromatic heterocycles. The number of aromatic hydroxyl groups is 1. The molecule has 0 spiro atoms. The number of benzene rings is 1. The Kier molecular flexibility index (Phi) is 4.36.